The Morgan fingerprint density at radius 1 is 1.12 bits per heavy atom. The number of aliphatic hydroxyl groups excluding tert-OH is 1. The summed E-state index contributed by atoms with van der Waals surface area (Å²) in [4.78, 5) is 28.0. The molecule has 2 aromatic rings. The molecule has 1 N–H and O–H groups in total. The molecule has 2 fully saturated rings. The molecule has 1 saturated carbocycles. The molecule has 0 bridgehead atoms. The number of carbonyl (C=O) groups excluding carboxylic acids is 2. The molecule has 4 rings (SSSR count). The van der Waals surface area contributed by atoms with Crippen LogP contribution in [0.3, 0.4) is 0 Å². The first-order chi connectivity index (χ1) is 15.5. The molecule has 0 spiro atoms. The largest absolute Gasteiger partial charge is 0.507 e. The Labute approximate surface area is 192 Å². The zero-order valence-corrected chi connectivity index (χ0v) is 18.9. The third-order valence-electron chi connectivity index (χ3n) is 6.12. The maximum Gasteiger partial charge on any atom is 0.295 e. The van der Waals surface area contributed by atoms with Gasteiger partial charge in [-0.1, -0.05) is 36.6 Å². The second-order valence-corrected chi connectivity index (χ2v) is 8.43. The van der Waals surface area contributed by atoms with Crippen LogP contribution in [0.4, 0.5) is 0 Å². The van der Waals surface area contributed by atoms with Gasteiger partial charge in [-0.05, 0) is 55.7 Å². The zero-order valence-electron chi connectivity index (χ0n) is 18.1. The molecule has 32 heavy (non-hydrogen) atoms. The molecule has 1 aliphatic carbocycles. The lowest BCUT2D eigenvalue weighted by molar-refractivity contribution is -0.141. The van der Waals surface area contributed by atoms with Crippen LogP contribution in [0, 0.1) is 0 Å². The standard InChI is InChI=1S/C25H26ClNO5/c1-3-32-18-11-8-15(9-12-18)22-21(23(28)19-14-16(26)10-13-20(19)31-2)24(29)25(30)27(22)17-6-4-5-7-17/h8-14,17,22,28H,3-7H2,1-2H3/b23-21+. The quantitative estimate of drug-likeness (QED) is 0.372. The topological polar surface area (TPSA) is 76.1 Å². The molecule has 7 heteroatoms. The van der Waals surface area contributed by atoms with E-state index in [-0.39, 0.29) is 22.9 Å². The summed E-state index contributed by atoms with van der Waals surface area (Å²) in [6.07, 6.45) is 3.68. The Kier molecular flexibility index (Phi) is 6.42. The number of likely N-dealkylation sites (tertiary alicyclic amines) is 1. The normalized spacial score (nSPS) is 20.7. The van der Waals surface area contributed by atoms with E-state index in [0.717, 1.165) is 31.2 Å². The number of hydrogen-bond donors (Lipinski definition) is 1. The number of ether oxygens (including phenoxy) is 2. The van der Waals surface area contributed by atoms with Gasteiger partial charge < -0.3 is 19.5 Å². The van der Waals surface area contributed by atoms with Gasteiger partial charge in [-0.25, -0.2) is 0 Å². The summed E-state index contributed by atoms with van der Waals surface area (Å²) in [6, 6.07) is 11.4. The van der Waals surface area contributed by atoms with Gasteiger partial charge in [0.25, 0.3) is 11.7 Å². The predicted molar refractivity (Wildman–Crippen MR) is 122 cm³/mol. The van der Waals surface area contributed by atoms with Gasteiger partial charge in [0.05, 0.1) is 30.9 Å². The number of carbonyl (C=O) groups is 2. The van der Waals surface area contributed by atoms with Crippen LogP contribution < -0.4 is 9.47 Å². The zero-order chi connectivity index (χ0) is 22.8. The number of aliphatic hydroxyl groups is 1. The van der Waals surface area contributed by atoms with Crippen molar-refractivity contribution in [3.63, 3.8) is 0 Å². The number of halogens is 1. The van der Waals surface area contributed by atoms with Crippen molar-refractivity contribution in [2.24, 2.45) is 0 Å². The van der Waals surface area contributed by atoms with Gasteiger partial charge in [-0.2, -0.15) is 0 Å². The Morgan fingerprint density at radius 2 is 1.81 bits per heavy atom. The minimum atomic E-state index is -0.699. The van der Waals surface area contributed by atoms with Crippen LogP contribution in [0.1, 0.15) is 49.8 Å². The molecule has 1 unspecified atom stereocenters. The lowest BCUT2D eigenvalue weighted by Crippen LogP contribution is -2.37. The molecule has 1 aliphatic heterocycles. The summed E-state index contributed by atoms with van der Waals surface area (Å²) in [5.74, 6) is -0.509. The molecule has 1 saturated heterocycles. The number of nitrogens with zero attached hydrogens (tertiary/aromatic N) is 1. The first-order valence-electron chi connectivity index (χ1n) is 10.8. The predicted octanol–water partition coefficient (Wildman–Crippen LogP) is 5.11. The average molecular weight is 456 g/mol. The number of rotatable bonds is 6. The molecule has 168 valence electrons. The summed E-state index contributed by atoms with van der Waals surface area (Å²) in [6.45, 7) is 2.44. The van der Waals surface area contributed by atoms with Crippen LogP contribution in [-0.4, -0.2) is 41.5 Å². The minimum absolute atomic E-state index is 0.0467. The lowest BCUT2D eigenvalue weighted by atomic mass is 9.94. The second kappa shape index (κ2) is 9.25. The fourth-order valence-electron chi connectivity index (χ4n) is 4.66. The first kappa shape index (κ1) is 22.2. The summed E-state index contributed by atoms with van der Waals surface area (Å²) in [7, 11) is 1.47. The monoisotopic (exact) mass is 455 g/mol. The van der Waals surface area contributed by atoms with Crippen LogP contribution in [0.2, 0.25) is 5.02 Å². The Hall–Kier alpha value is -2.99. The van der Waals surface area contributed by atoms with E-state index in [0.29, 0.717) is 23.1 Å². The number of benzene rings is 2. The molecule has 2 aliphatic rings. The van der Waals surface area contributed by atoms with E-state index in [9.17, 15) is 14.7 Å². The van der Waals surface area contributed by atoms with Crippen LogP contribution in [0.5, 0.6) is 11.5 Å². The highest BCUT2D eigenvalue weighted by molar-refractivity contribution is 6.46. The third kappa shape index (κ3) is 3.95. The van der Waals surface area contributed by atoms with E-state index in [4.69, 9.17) is 21.1 Å². The van der Waals surface area contributed by atoms with Crippen LogP contribution >= 0.6 is 11.6 Å². The van der Waals surface area contributed by atoms with E-state index >= 15 is 0 Å². The van der Waals surface area contributed by atoms with Crippen molar-refractivity contribution in [2.75, 3.05) is 13.7 Å². The van der Waals surface area contributed by atoms with E-state index < -0.39 is 17.7 Å². The van der Waals surface area contributed by atoms with E-state index in [2.05, 4.69) is 0 Å². The third-order valence-corrected chi connectivity index (χ3v) is 6.36. The number of Topliss-reactive ketones (excluding diaryl/α,β-unsaturated/α-hetero) is 1. The molecule has 1 amide bonds. The van der Waals surface area contributed by atoms with Crippen molar-refractivity contribution in [2.45, 2.75) is 44.7 Å². The van der Waals surface area contributed by atoms with E-state index in [1.165, 1.54) is 13.2 Å². The Morgan fingerprint density at radius 3 is 2.44 bits per heavy atom. The molecular formula is C25H26ClNO5. The van der Waals surface area contributed by atoms with Crippen molar-refractivity contribution >= 4 is 29.1 Å². The Bertz CT molecular complexity index is 1060. The van der Waals surface area contributed by atoms with E-state index in [1.54, 1.807) is 17.0 Å². The fraction of sp³-hybridized carbons (Fsp3) is 0.360. The smallest absolute Gasteiger partial charge is 0.295 e. The van der Waals surface area contributed by atoms with Crippen molar-refractivity contribution in [1.29, 1.82) is 0 Å². The van der Waals surface area contributed by atoms with Gasteiger partial charge >= 0.3 is 0 Å². The molecule has 2 aromatic carbocycles. The van der Waals surface area contributed by atoms with Crippen molar-refractivity contribution in [3.05, 3.63) is 64.2 Å². The minimum Gasteiger partial charge on any atom is -0.507 e. The first-order valence-corrected chi connectivity index (χ1v) is 11.2. The van der Waals surface area contributed by atoms with Crippen LogP contribution in [0.25, 0.3) is 5.76 Å². The van der Waals surface area contributed by atoms with Gasteiger partial charge in [0.15, 0.2) is 0 Å². The second-order valence-electron chi connectivity index (χ2n) is 7.99. The highest BCUT2D eigenvalue weighted by Crippen LogP contribution is 2.44. The average Bonchev–Trinajstić information content (AvgIpc) is 3.41. The molecule has 1 heterocycles. The SMILES string of the molecule is CCOc1ccc(C2/C(=C(\O)c3cc(Cl)ccc3OC)C(=O)C(=O)N2C2CCCC2)cc1. The lowest BCUT2D eigenvalue weighted by Gasteiger charge is -2.31. The highest BCUT2D eigenvalue weighted by Gasteiger charge is 2.49. The van der Waals surface area contributed by atoms with Crippen molar-refractivity contribution in [1.82, 2.24) is 4.90 Å². The summed E-state index contributed by atoms with van der Waals surface area (Å²) in [5.41, 5.74) is 1.06. The van der Waals surface area contributed by atoms with E-state index in [1.807, 2.05) is 31.2 Å². The van der Waals surface area contributed by atoms with Crippen molar-refractivity contribution < 1.29 is 24.2 Å². The number of methoxy groups -OCH3 is 1. The number of hydrogen-bond acceptors (Lipinski definition) is 5. The molecule has 0 radical (unpaired) electrons. The summed E-state index contributed by atoms with van der Waals surface area (Å²) >= 11 is 6.16. The molecule has 1 atom stereocenters. The number of ketones is 1. The maximum absolute atomic E-state index is 13.2. The molecule has 6 nitrogen and oxygen atoms in total. The van der Waals surface area contributed by atoms with Crippen LogP contribution in [0.15, 0.2) is 48.0 Å². The molecule has 0 aromatic heterocycles. The van der Waals surface area contributed by atoms with Gasteiger partial charge in [-0.3, -0.25) is 9.59 Å². The number of amides is 1. The van der Waals surface area contributed by atoms with Crippen molar-refractivity contribution in [3.8, 4) is 11.5 Å². The Balaban J connectivity index is 1.88. The van der Waals surface area contributed by atoms with Gasteiger partial charge in [0, 0.05) is 11.1 Å². The fourth-order valence-corrected chi connectivity index (χ4v) is 4.83. The van der Waals surface area contributed by atoms with Gasteiger partial charge in [0.2, 0.25) is 0 Å². The van der Waals surface area contributed by atoms with Gasteiger partial charge in [-0.15, -0.1) is 0 Å². The van der Waals surface area contributed by atoms with Gasteiger partial charge in [0.1, 0.15) is 17.3 Å². The van der Waals surface area contributed by atoms with Crippen LogP contribution in [-0.2, 0) is 9.59 Å². The maximum atomic E-state index is 13.2. The molecular weight excluding hydrogens is 430 g/mol. The summed E-state index contributed by atoms with van der Waals surface area (Å²) in [5, 5.41) is 11.7. The highest BCUT2D eigenvalue weighted by atomic mass is 35.5. The summed E-state index contributed by atoms with van der Waals surface area (Å²) < 4.78 is 10.9.